The lowest BCUT2D eigenvalue weighted by molar-refractivity contribution is 0.154. The Kier molecular flexibility index (Phi) is 2.77. The van der Waals surface area contributed by atoms with Crippen molar-refractivity contribution in [2.45, 2.75) is 19.3 Å². The minimum absolute atomic E-state index is 0.528. The average Bonchev–Trinajstić information content (AvgIpc) is 2.37. The summed E-state index contributed by atoms with van der Waals surface area (Å²) in [7, 11) is 1.75. The summed E-state index contributed by atoms with van der Waals surface area (Å²) < 4.78 is 5.05. The maximum absolute atomic E-state index is 5.30. The molecular formula is C9H14O. The second-order valence-corrected chi connectivity index (χ2v) is 3.00. The molecule has 0 amide bonds. The van der Waals surface area contributed by atoms with E-state index < -0.39 is 0 Å². The molecule has 1 heteroatoms. The first-order chi connectivity index (χ1) is 4.86. The Hall–Kier alpha value is -0.480. The predicted octanol–water partition coefficient (Wildman–Crippen LogP) is 1.68. The molecule has 0 heterocycles. The SMILES string of the molecule is C#CC1CCC(COC)C1. The first-order valence-corrected chi connectivity index (χ1v) is 3.82. The van der Waals surface area contributed by atoms with Gasteiger partial charge in [0, 0.05) is 19.6 Å². The molecule has 2 unspecified atom stereocenters. The number of ether oxygens (including phenoxy) is 1. The first kappa shape index (κ1) is 7.63. The van der Waals surface area contributed by atoms with E-state index in [1.54, 1.807) is 7.11 Å². The van der Waals surface area contributed by atoms with Crippen molar-refractivity contribution in [1.29, 1.82) is 0 Å². The third-order valence-corrected chi connectivity index (χ3v) is 2.18. The van der Waals surface area contributed by atoms with Crippen molar-refractivity contribution in [1.82, 2.24) is 0 Å². The van der Waals surface area contributed by atoms with Gasteiger partial charge in [-0.15, -0.1) is 12.3 Å². The quantitative estimate of drug-likeness (QED) is 0.527. The summed E-state index contributed by atoms with van der Waals surface area (Å²) in [4.78, 5) is 0. The molecule has 56 valence electrons. The standard InChI is InChI=1S/C9H14O/c1-3-8-4-5-9(6-8)7-10-2/h1,8-9H,4-7H2,2H3. The van der Waals surface area contributed by atoms with Crippen molar-refractivity contribution in [3.8, 4) is 12.3 Å². The topological polar surface area (TPSA) is 9.23 Å². The second kappa shape index (κ2) is 3.63. The van der Waals surface area contributed by atoms with Crippen LogP contribution in [0.1, 0.15) is 19.3 Å². The predicted molar refractivity (Wildman–Crippen MR) is 41.5 cm³/mol. The van der Waals surface area contributed by atoms with Crippen LogP contribution in [0.2, 0.25) is 0 Å². The largest absolute Gasteiger partial charge is 0.384 e. The van der Waals surface area contributed by atoms with Crippen molar-refractivity contribution in [2.24, 2.45) is 11.8 Å². The van der Waals surface area contributed by atoms with Gasteiger partial charge in [0.15, 0.2) is 0 Å². The fourth-order valence-electron chi connectivity index (χ4n) is 1.61. The Morgan fingerprint density at radius 2 is 2.40 bits per heavy atom. The number of terminal acetylenes is 1. The highest BCUT2D eigenvalue weighted by molar-refractivity contribution is 4.97. The number of rotatable bonds is 2. The van der Waals surface area contributed by atoms with E-state index in [-0.39, 0.29) is 0 Å². The van der Waals surface area contributed by atoms with Gasteiger partial charge in [0.25, 0.3) is 0 Å². The highest BCUT2D eigenvalue weighted by Crippen LogP contribution is 2.29. The molecular weight excluding hydrogens is 124 g/mol. The van der Waals surface area contributed by atoms with E-state index >= 15 is 0 Å². The molecule has 1 aliphatic carbocycles. The van der Waals surface area contributed by atoms with Crippen LogP contribution in [0, 0.1) is 24.2 Å². The molecule has 0 aliphatic heterocycles. The summed E-state index contributed by atoms with van der Waals surface area (Å²) in [5.41, 5.74) is 0. The van der Waals surface area contributed by atoms with Crippen LogP contribution in [-0.2, 0) is 4.74 Å². The zero-order valence-corrected chi connectivity index (χ0v) is 6.47. The Morgan fingerprint density at radius 1 is 1.60 bits per heavy atom. The second-order valence-electron chi connectivity index (χ2n) is 3.00. The molecule has 1 nitrogen and oxygen atoms in total. The van der Waals surface area contributed by atoms with Gasteiger partial charge in [-0.3, -0.25) is 0 Å². The fraction of sp³-hybridized carbons (Fsp3) is 0.778. The molecule has 0 N–H and O–H groups in total. The van der Waals surface area contributed by atoms with Gasteiger partial charge in [0.1, 0.15) is 0 Å². The summed E-state index contributed by atoms with van der Waals surface area (Å²) in [6.07, 6.45) is 8.92. The highest BCUT2D eigenvalue weighted by Gasteiger charge is 2.22. The third-order valence-electron chi connectivity index (χ3n) is 2.18. The highest BCUT2D eigenvalue weighted by atomic mass is 16.5. The van der Waals surface area contributed by atoms with Crippen LogP contribution in [0.5, 0.6) is 0 Å². The van der Waals surface area contributed by atoms with E-state index in [0.717, 1.165) is 12.5 Å². The van der Waals surface area contributed by atoms with Crippen molar-refractivity contribution in [2.75, 3.05) is 13.7 Å². The first-order valence-electron chi connectivity index (χ1n) is 3.82. The van der Waals surface area contributed by atoms with Crippen LogP contribution in [0.4, 0.5) is 0 Å². The zero-order valence-electron chi connectivity index (χ0n) is 6.47. The maximum Gasteiger partial charge on any atom is 0.0490 e. The Balaban J connectivity index is 2.23. The molecule has 1 aliphatic rings. The molecule has 0 saturated heterocycles. The summed E-state index contributed by atoms with van der Waals surface area (Å²) in [5, 5.41) is 0. The summed E-state index contributed by atoms with van der Waals surface area (Å²) in [6, 6.07) is 0. The van der Waals surface area contributed by atoms with Crippen LogP contribution in [0.3, 0.4) is 0 Å². The van der Waals surface area contributed by atoms with E-state index in [1.807, 2.05) is 0 Å². The third kappa shape index (κ3) is 1.75. The lowest BCUT2D eigenvalue weighted by Crippen LogP contribution is -2.03. The summed E-state index contributed by atoms with van der Waals surface area (Å²) >= 11 is 0. The molecule has 1 rings (SSSR count). The molecule has 0 aromatic heterocycles. The van der Waals surface area contributed by atoms with Crippen LogP contribution in [0.25, 0.3) is 0 Å². The number of hydrogen-bond donors (Lipinski definition) is 0. The van der Waals surface area contributed by atoms with Gasteiger partial charge in [-0.25, -0.2) is 0 Å². The van der Waals surface area contributed by atoms with E-state index in [2.05, 4.69) is 5.92 Å². The maximum atomic E-state index is 5.30. The molecule has 1 saturated carbocycles. The van der Waals surface area contributed by atoms with Crippen LogP contribution >= 0.6 is 0 Å². The Morgan fingerprint density at radius 3 is 2.90 bits per heavy atom. The van der Waals surface area contributed by atoms with Gasteiger partial charge in [-0.1, -0.05) is 0 Å². The smallest absolute Gasteiger partial charge is 0.0490 e. The molecule has 0 radical (unpaired) electrons. The van der Waals surface area contributed by atoms with E-state index in [1.165, 1.54) is 19.3 Å². The van der Waals surface area contributed by atoms with E-state index in [4.69, 9.17) is 11.2 Å². The van der Waals surface area contributed by atoms with Gasteiger partial charge in [-0.2, -0.15) is 0 Å². The van der Waals surface area contributed by atoms with Crippen LogP contribution < -0.4 is 0 Å². The number of methoxy groups -OCH3 is 1. The molecule has 0 spiro atoms. The monoisotopic (exact) mass is 138 g/mol. The molecule has 2 atom stereocenters. The van der Waals surface area contributed by atoms with Crippen LogP contribution in [0.15, 0.2) is 0 Å². The summed E-state index contributed by atoms with van der Waals surface area (Å²) in [5.74, 6) is 4.05. The van der Waals surface area contributed by atoms with Gasteiger partial charge in [-0.05, 0) is 25.2 Å². The fourth-order valence-corrected chi connectivity index (χ4v) is 1.61. The van der Waals surface area contributed by atoms with Crippen molar-refractivity contribution in [3.05, 3.63) is 0 Å². The summed E-state index contributed by atoms with van der Waals surface area (Å²) in [6.45, 7) is 0.887. The normalized spacial score (nSPS) is 32.0. The minimum Gasteiger partial charge on any atom is -0.384 e. The molecule has 0 aromatic carbocycles. The molecule has 0 aromatic rings. The lowest BCUT2D eigenvalue weighted by Gasteiger charge is -2.05. The van der Waals surface area contributed by atoms with Crippen LogP contribution in [-0.4, -0.2) is 13.7 Å². The molecule has 1 fully saturated rings. The van der Waals surface area contributed by atoms with Crippen molar-refractivity contribution >= 4 is 0 Å². The zero-order chi connectivity index (χ0) is 7.40. The average molecular weight is 138 g/mol. The van der Waals surface area contributed by atoms with Gasteiger partial charge < -0.3 is 4.74 Å². The molecule has 0 bridgehead atoms. The minimum atomic E-state index is 0.528. The van der Waals surface area contributed by atoms with Crippen molar-refractivity contribution in [3.63, 3.8) is 0 Å². The van der Waals surface area contributed by atoms with E-state index in [0.29, 0.717) is 5.92 Å². The van der Waals surface area contributed by atoms with Crippen molar-refractivity contribution < 1.29 is 4.74 Å². The van der Waals surface area contributed by atoms with Gasteiger partial charge in [0.05, 0.1) is 0 Å². The van der Waals surface area contributed by atoms with Gasteiger partial charge in [0.2, 0.25) is 0 Å². The Labute approximate surface area is 62.8 Å². The molecule has 10 heavy (non-hydrogen) atoms. The number of hydrogen-bond acceptors (Lipinski definition) is 1. The van der Waals surface area contributed by atoms with E-state index in [9.17, 15) is 0 Å². The Bertz CT molecular complexity index is 134. The van der Waals surface area contributed by atoms with Gasteiger partial charge >= 0.3 is 0 Å². The lowest BCUT2D eigenvalue weighted by atomic mass is 10.1.